The van der Waals surface area contributed by atoms with Crippen molar-refractivity contribution in [2.45, 2.75) is 6.92 Å². The Morgan fingerprint density at radius 3 is 2.93 bits per heavy atom. The van der Waals surface area contributed by atoms with Gasteiger partial charge in [0.1, 0.15) is 12.4 Å². The fourth-order valence-corrected chi connectivity index (χ4v) is 1.33. The molecule has 0 aromatic heterocycles. The number of rotatable bonds is 4. The molecule has 0 unspecified atom stereocenters. The van der Waals surface area contributed by atoms with E-state index in [-0.39, 0.29) is 0 Å². The summed E-state index contributed by atoms with van der Waals surface area (Å²) in [4.78, 5) is 10.7. The van der Waals surface area contributed by atoms with Crippen LogP contribution in [0.2, 0.25) is 0 Å². The Morgan fingerprint density at radius 2 is 2.33 bits per heavy atom. The molecule has 0 amide bonds. The predicted molar refractivity (Wildman–Crippen MR) is 64.6 cm³/mol. The highest BCUT2D eigenvalue weighted by Gasteiger charge is 2.01. The normalized spacial score (nSPS) is 11.3. The van der Waals surface area contributed by atoms with Crippen molar-refractivity contribution in [2.75, 3.05) is 6.61 Å². The van der Waals surface area contributed by atoms with Crippen LogP contribution in [0.25, 0.3) is 0 Å². The first-order chi connectivity index (χ1) is 7.17. The number of aldehydes is 1. The highest BCUT2D eigenvalue weighted by atomic mass is 79.9. The van der Waals surface area contributed by atoms with E-state index in [1.54, 1.807) is 18.2 Å². The van der Waals surface area contributed by atoms with Gasteiger partial charge in [-0.1, -0.05) is 27.5 Å². The molecule has 0 heterocycles. The number of benzene rings is 1. The lowest BCUT2D eigenvalue weighted by Gasteiger charge is -2.06. The van der Waals surface area contributed by atoms with E-state index in [4.69, 9.17) is 16.3 Å². The third-order valence-electron chi connectivity index (χ3n) is 1.75. The molecule has 80 valence electrons. The van der Waals surface area contributed by atoms with E-state index in [0.717, 1.165) is 16.3 Å². The maximum atomic E-state index is 10.7. The van der Waals surface area contributed by atoms with E-state index in [1.165, 1.54) is 5.54 Å². The fourth-order valence-electron chi connectivity index (χ4n) is 0.931. The summed E-state index contributed by atoms with van der Waals surface area (Å²) in [5.74, 6) is 0.651. The zero-order valence-corrected chi connectivity index (χ0v) is 10.5. The topological polar surface area (TPSA) is 26.3 Å². The molecule has 0 saturated heterocycles. The summed E-state index contributed by atoms with van der Waals surface area (Å²) in [6.07, 6.45) is 0.779. The Labute approximate surface area is 102 Å². The number of carbonyl (C=O) groups is 1. The molecule has 0 spiro atoms. The molecule has 0 aliphatic carbocycles. The van der Waals surface area contributed by atoms with Crippen LogP contribution in [0.5, 0.6) is 5.75 Å². The summed E-state index contributed by atoms with van der Waals surface area (Å²) < 4.78 is 6.18. The summed E-state index contributed by atoms with van der Waals surface area (Å²) >= 11 is 8.76. The molecule has 15 heavy (non-hydrogen) atoms. The second-order valence-corrected chi connectivity index (χ2v) is 4.12. The quantitative estimate of drug-likeness (QED) is 0.789. The van der Waals surface area contributed by atoms with E-state index in [1.807, 2.05) is 6.92 Å². The monoisotopic (exact) mass is 288 g/mol. The molecule has 0 atom stereocenters. The lowest BCUT2D eigenvalue weighted by molar-refractivity contribution is 0.112. The molecule has 2 nitrogen and oxygen atoms in total. The Balaban J connectivity index is 2.74. The average Bonchev–Trinajstić information content (AvgIpc) is 2.27. The van der Waals surface area contributed by atoms with Crippen molar-refractivity contribution in [1.29, 1.82) is 0 Å². The molecular weight excluding hydrogens is 279 g/mol. The van der Waals surface area contributed by atoms with Crippen molar-refractivity contribution in [3.05, 3.63) is 39.3 Å². The Morgan fingerprint density at radius 1 is 1.60 bits per heavy atom. The number of hydrogen-bond donors (Lipinski definition) is 0. The highest BCUT2D eigenvalue weighted by molar-refractivity contribution is 9.10. The number of hydrogen-bond acceptors (Lipinski definition) is 2. The number of ether oxygens (including phenoxy) is 1. The van der Waals surface area contributed by atoms with Gasteiger partial charge in [-0.25, -0.2) is 0 Å². The van der Waals surface area contributed by atoms with Crippen molar-refractivity contribution < 1.29 is 9.53 Å². The molecule has 1 aromatic rings. The first-order valence-electron chi connectivity index (χ1n) is 4.30. The van der Waals surface area contributed by atoms with E-state index in [2.05, 4.69) is 15.9 Å². The Kier molecular flexibility index (Phi) is 4.85. The Hall–Kier alpha value is -0.800. The van der Waals surface area contributed by atoms with Crippen molar-refractivity contribution >= 4 is 33.8 Å². The van der Waals surface area contributed by atoms with Gasteiger partial charge in [0.15, 0.2) is 6.29 Å². The van der Waals surface area contributed by atoms with Gasteiger partial charge in [0.25, 0.3) is 0 Å². The number of carbonyl (C=O) groups excluding carboxylic acids is 1. The second kappa shape index (κ2) is 5.93. The van der Waals surface area contributed by atoms with Crippen LogP contribution in [0.1, 0.15) is 17.3 Å². The molecular formula is C11H10BrClO2. The van der Waals surface area contributed by atoms with Gasteiger partial charge in [0.05, 0.1) is 0 Å². The smallest absolute Gasteiger partial charge is 0.151 e. The van der Waals surface area contributed by atoms with Crippen LogP contribution >= 0.6 is 27.5 Å². The molecule has 0 aliphatic rings. The van der Waals surface area contributed by atoms with Crippen molar-refractivity contribution in [1.82, 2.24) is 0 Å². The van der Waals surface area contributed by atoms with E-state index >= 15 is 0 Å². The van der Waals surface area contributed by atoms with Crippen molar-refractivity contribution in [3.8, 4) is 5.75 Å². The third-order valence-corrected chi connectivity index (χ3v) is 2.84. The summed E-state index contributed by atoms with van der Waals surface area (Å²) in [7, 11) is 0. The number of halogens is 2. The third kappa shape index (κ3) is 3.68. The van der Waals surface area contributed by atoms with E-state index < -0.39 is 0 Å². The molecule has 0 saturated carbocycles. The fraction of sp³-hybridized carbons (Fsp3) is 0.182. The van der Waals surface area contributed by atoms with Crippen LogP contribution in [-0.2, 0) is 0 Å². The van der Waals surface area contributed by atoms with Gasteiger partial charge in [0, 0.05) is 15.6 Å². The van der Waals surface area contributed by atoms with Crippen LogP contribution in [0.3, 0.4) is 0 Å². The van der Waals surface area contributed by atoms with Gasteiger partial charge < -0.3 is 4.74 Å². The average molecular weight is 290 g/mol. The molecule has 0 N–H and O–H groups in total. The first kappa shape index (κ1) is 12.3. The summed E-state index contributed by atoms with van der Waals surface area (Å²) in [5.41, 5.74) is 2.96. The highest BCUT2D eigenvalue weighted by Crippen LogP contribution is 2.21. The molecule has 0 radical (unpaired) electrons. The maximum absolute atomic E-state index is 10.7. The SMILES string of the molecule is C/C(=C/Cl)COc1ccc(Br)c(C=O)c1. The predicted octanol–water partition coefficient (Wildman–Crippen LogP) is 3.78. The largest absolute Gasteiger partial charge is 0.489 e. The van der Waals surface area contributed by atoms with Gasteiger partial charge in [-0.2, -0.15) is 0 Å². The van der Waals surface area contributed by atoms with Gasteiger partial charge >= 0.3 is 0 Å². The molecule has 0 bridgehead atoms. The maximum Gasteiger partial charge on any atom is 0.151 e. The summed E-state index contributed by atoms with van der Waals surface area (Å²) in [6.45, 7) is 2.29. The van der Waals surface area contributed by atoms with Crippen LogP contribution in [0.15, 0.2) is 33.8 Å². The van der Waals surface area contributed by atoms with E-state index in [9.17, 15) is 4.79 Å². The second-order valence-electron chi connectivity index (χ2n) is 3.05. The van der Waals surface area contributed by atoms with Crippen molar-refractivity contribution in [2.24, 2.45) is 0 Å². The zero-order chi connectivity index (χ0) is 11.3. The van der Waals surface area contributed by atoms with Gasteiger partial charge in [-0.15, -0.1) is 0 Å². The minimum absolute atomic E-state index is 0.420. The Bertz CT molecular complexity index is 388. The minimum Gasteiger partial charge on any atom is -0.489 e. The molecule has 1 rings (SSSR count). The van der Waals surface area contributed by atoms with Crippen molar-refractivity contribution in [3.63, 3.8) is 0 Å². The molecule has 0 aliphatic heterocycles. The van der Waals surface area contributed by atoms with Crippen LogP contribution in [0, 0.1) is 0 Å². The summed E-state index contributed by atoms with van der Waals surface area (Å²) in [5, 5.41) is 0. The lowest BCUT2D eigenvalue weighted by atomic mass is 10.2. The van der Waals surface area contributed by atoms with Crippen LogP contribution < -0.4 is 4.74 Å². The molecule has 4 heteroatoms. The van der Waals surface area contributed by atoms with E-state index in [0.29, 0.717) is 17.9 Å². The summed E-state index contributed by atoms with van der Waals surface area (Å²) in [6, 6.07) is 5.25. The first-order valence-corrected chi connectivity index (χ1v) is 5.53. The molecule has 1 aromatic carbocycles. The van der Waals surface area contributed by atoms with Gasteiger partial charge in [0.2, 0.25) is 0 Å². The lowest BCUT2D eigenvalue weighted by Crippen LogP contribution is -1.98. The van der Waals surface area contributed by atoms with Crippen LogP contribution in [-0.4, -0.2) is 12.9 Å². The van der Waals surface area contributed by atoms with Gasteiger partial charge in [-0.05, 0) is 30.7 Å². The zero-order valence-electron chi connectivity index (χ0n) is 8.17. The molecule has 0 fully saturated rings. The minimum atomic E-state index is 0.420. The standard InChI is InChI=1S/C11H10BrClO2/c1-8(5-13)7-15-10-2-3-11(12)9(4-10)6-14/h2-6H,7H2,1H3/b8-5-. The van der Waals surface area contributed by atoms with Gasteiger partial charge in [-0.3, -0.25) is 4.79 Å². The van der Waals surface area contributed by atoms with Crippen LogP contribution in [0.4, 0.5) is 0 Å².